The predicted molar refractivity (Wildman–Crippen MR) is 83.4 cm³/mol. The van der Waals surface area contributed by atoms with Crippen molar-refractivity contribution in [2.75, 3.05) is 23.7 Å². The van der Waals surface area contributed by atoms with E-state index in [-0.39, 0.29) is 11.9 Å². The molecular formula is C15H19N5O. The molecule has 0 saturated carbocycles. The van der Waals surface area contributed by atoms with Gasteiger partial charge in [0.1, 0.15) is 5.82 Å². The fraction of sp³-hybridized carbons (Fsp3) is 0.400. The highest BCUT2D eigenvalue weighted by molar-refractivity contribution is 5.90. The highest BCUT2D eigenvalue weighted by atomic mass is 16.1. The highest BCUT2D eigenvalue weighted by Gasteiger charge is 2.19. The van der Waals surface area contributed by atoms with Crippen LogP contribution >= 0.6 is 0 Å². The summed E-state index contributed by atoms with van der Waals surface area (Å²) in [6, 6.07) is 8.14. The minimum absolute atomic E-state index is 0.119. The Kier molecular flexibility index (Phi) is 3.85. The molecule has 21 heavy (non-hydrogen) atoms. The first-order valence-electron chi connectivity index (χ1n) is 7.30. The third-order valence-corrected chi connectivity index (χ3v) is 3.54. The molecule has 1 saturated heterocycles. The number of nitrogens with one attached hydrogen (secondary N) is 3. The molecule has 1 unspecified atom stereocenters. The molecule has 0 bridgehead atoms. The molecule has 1 aliphatic heterocycles. The lowest BCUT2D eigenvalue weighted by Crippen LogP contribution is -2.42. The minimum Gasteiger partial charge on any atom is -0.365 e. The zero-order valence-electron chi connectivity index (χ0n) is 12.0. The molecule has 0 radical (unpaired) electrons. The SMILES string of the molecule is CCNc1nc(NC2CCC(=O)NC2)c2ccccc2n1. The lowest BCUT2D eigenvalue weighted by molar-refractivity contribution is -0.122. The number of carbonyl (C=O) groups is 1. The topological polar surface area (TPSA) is 78.9 Å². The Labute approximate surface area is 123 Å². The van der Waals surface area contributed by atoms with Crippen LogP contribution in [0.4, 0.5) is 11.8 Å². The number of carbonyl (C=O) groups excluding carboxylic acids is 1. The van der Waals surface area contributed by atoms with Crippen molar-refractivity contribution < 1.29 is 4.79 Å². The number of hydrogen-bond donors (Lipinski definition) is 3. The first-order valence-corrected chi connectivity index (χ1v) is 7.30. The monoisotopic (exact) mass is 285 g/mol. The molecule has 1 aromatic heterocycles. The van der Waals surface area contributed by atoms with Crippen molar-refractivity contribution in [2.24, 2.45) is 0 Å². The highest BCUT2D eigenvalue weighted by Crippen LogP contribution is 2.23. The van der Waals surface area contributed by atoms with Gasteiger partial charge in [-0.25, -0.2) is 4.98 Å². The Morgan fingerprint density at radius 3 is 2.95 bits per heavy atom. The molecule has 1 aliphatic rings. The van der Waals surface area contributed by atoms with Crippen molar-refractivity contribution in [3.63, 3.8) is 0 Å². The first kappa shape index (κ1) is 13.6. The number of para-hydroxylation sites is 1. The molecule has 3 N–H and O–H groups in total. The smallest absolute Gasteiger partial charge is 0.225 e. The molecule has 3 rings (SSSR count). The number of amides is 1. The van der Waals surface area contributed by atoms with Crippen molar-refractivity contribution in [2.45, 2.75) is 25.8 Å². The van der Waals surface area contributed by atoms with Gasteiger partial charge >= 0.3 is 0 Å². The number of fused-ring (bicyclic) bond motifs is 1. The van der Waals surface area contributed by atoms with E-state index in [0.29, 0.717) is 18.9 Å². The van der Waals surface area contributed by atoms with Gasteiger partial charge in [-0.05, 0) is 25.5 Å². The summed E-state index contributed by atoms with van der Waals surface area (Å²) in [5.41, 5.74) is 0.908. The average Bonchev–Trinajstić information content (AvgIpc) is 2.50. The number of aromatic nitrogens is 2. The van der Waals surface area contributed by atoms with E-state index in [2.05, 4.69) is 25.9 Å². The Morgan fingerprint density at radius 2 is 2.19 bits per heavy atom. The summed E-state index contributed by atoms with van der Waals surface area (Å²) in [4.78, 5) is 20.3. The number of hydrogen-bond acceptors (Lipinski definition) is 5. The van der Waals surface area contributed by atoms with E-state index in [1.165, 1.54) is 0 Å². The Balaban J connectivity index is 1.90. The summed E-state index contributed by atoms with van der Waals surface area (Å²) in [5, 5.41) is 10.5. The van der Waals surface area contributed by atoms with Crippen LogP contribution in [0, 0.1) is 0 Å². The van der Waals surface area contributed by atoms with Crippen LogP contribution in [-0.4, -0.2) is 35.0 Å². The van der Waals surface area contributed by atoms with E-state index in [1.807, 2.05) is 31.2 Å². The fourth-order valence-corrected chi connectivity index (χ4v) is 2.47. The van der Waals surface area contributed by atoms with Crippen molar-refractivity contribution in [3.05, 3.63) is 24.3 Å². The first-order chi connectivity index (χ1) is 10.3. The van der Waals surface area contributed by atoms with Crippen LogP contribution in [0.25, 0.3) is 10.9 Å². The second-order valence-electron chi connectivity index (χ2n) is 5.13. The normalized spacial score (nSPS) is 18.3. The Hall–Kier alpha value is -2.37. The van der Waals surface area contributed by atoms with Gasteiger partial charge in [-0.15, -0.1) is 0 Å². The van der Waals surface area contributed by atoms with E-state index >= 15 is 0 Å². The lowest BCUT2D eigenvalue weighted by Gasteiger charge is -2.24. The van der Waals surface area contributed by atoms with Gasteiger partial charge in [0.25, 0.3) is 0 Å². The van der Waals surface area contributed by atoms with Crippen LogP contribution in [0.1, 0.15) is 19.8 Å². The van der Waals surface area contributed by atoms with Crippen molar-refractivity contribution in [1.29, 1.82) is 0 Å². The maximum absolute atomic E-state index is 11.2. The number of nitrogens with zero attached hydrogens (tertiary/aromatic N) is 2. The second-order valence-corrected chi connectivity index (χ2v) is 5.13. The van der Waals surface area contributed by atoms with Crippen molar-refractivity contribution in [1.82, 2.24) is 15.3 Å². The van der Waals surface area contributed by atoms with Crippen molar-refractivity contribution >= 4 is 28.6 Å². The summed E-state index contributed by atoms with van der Waals surface area (Å²) in [7, 11) is 0. The van der Waals surface area contributed by atoms with E-state index in [4.69, 9.17) is 0 Å². The number of piperidine rings is 1. The molecule has 1 amide bonds. The molecule has 1 atom stereocenters. The standard InChI is InChI=1S/C15H19N5O/c1-2-16-15-19-12-6-4-3-5-11(12)14(20-15)18-10-7-8-13(21)17-9-10/h3-6,10H,2,7-9H2,1H3,(H,17,21)(H2,16,18,19,20). The molecule has 6 heteroatoms. The number of anilines is 2. The summed E-state index contributed by atoms with van der Waals surface area (Å²) in [6.07, 6.45) is 1.38. The summed E-state index contributed by atoms with van der Waals surface area (Å²) in [5.74, 6) is 1.56. The Morgan fingerprint density at radius 1 is 1.33 bits per heavy atom. The minimum atomic E-state index is 0.119. The van der Waals surface area contributed by atoms with Gasteiger partial charge in [-0.1, -0.05) is 12.1 Å². The predicted octanol–water partition coefficient (Wildman–Crippen LogP) is 1.75. The zero-order valence-corrected chi connectivity index (χ0v) is 12.0. The third-order valence-electron chi connectivity index (χ3n) is 3.54. The molecule has 0 aliphatic carbocycles. The van der Waals surface area contributed by atoms with Crippen LogP contribution in [0.2, 0.25) is 0 Å². The quantitative estimate of drug-likeness (QED) is 0.797. The van der Waals surface area contributed by atoms with Gasteiger partial charge in [0.2, 0.25) is 11.9 Å². The van der Waals surface area contributed by atoms with Crippen LogP contribution < -0.4 is 16.0 Å². The second kappa shape index (κ2) is 5.95. The van der Waals surface area contributed by atoms with Crippen LogP contribution in [0.15, 0.2) is 24.3 Å². The van der Waals surface area contributed by atoms with Crippen LogP contribution in [-0.2, 0) is 4.79 Å². The van der Waals surface area contributed by atoms with Gasteiger partial charge < -0.3 is 16.0 Å². The molecular weight excluding hydrogens is 266 g/mol. The molecule has 2 aromatic rings. The largest absolute Gasteiger partial charge is 0.365 e. The molecule has 0 spiro atoms. The number of rotatable bonds is 4. The maximum Gasteiger partial charge on any atom is 0.225 e. The average molecular weight is 285 g/mol. The summed E-state index contributed by atoms with van der Waals surface area (Å²) < 4.78 is 0. The van der Waals surface area contributed by atoms with Crippen molar-refractivity contribution in [3.8, 4) is 0 Å². The summed E-state index contributed by atoms with van der Waals surface area (Å²) in [6.45, 7) is 3.42. The van der Waals surface area contributed by atoms with Crippen LogP contribution in [0.3, 0.4) is 0 Å². The van der Waals surface area contributed by atoms with Crippen LogP contribution in [0.5, 0.6) is 0 Å². The maximum atomic E-state index is 11.2. The van der Waals surface area contributed by atoms with Gasteiger partial charge in [-0.3, -0.25) is 4.79 Å². The number of benzene rings is 1. The summed E-state index contributed by atoms with van der Waals surface area (Å²) >= 11 is 0. The molecule has 2 heterocycles. The van der Waals surface area contributed by atoms with E-state index in [0.717, 1.165) is 29.7 Å². The zero-order chi connectivity index (χ0) is 14.7. The van der Waals surface area contributed by atoms with E-state index in [9.17, 15) is 4.79 Å². The van der Waals surface area contributed by atoms with Gasteiger partial charge in [0.15, 0.2) is 0 Å². The Bertz CT molecular complexity index is 648. The third kappa shape index (κ3) is 3.04. The molecule has 6 nitrogen and oxygen atoms in total. The molecule has 1 fully saturated rings. The fourth-order valence-electron chi connectivity index (χ4n) is 2.47. The lowest BCUT2D eigenvalue weighted by atomic mass is 10.1. The van der Waals surface area contributed by atoms with Gasteiger partial charge in [0, 0.05) is 30.9 Å². The van der Waals surface area contributed by atoms with Gasteiger partial charge in [0.05, 0.1) is 5.52 Å². The molecule has 110 valence electrons. The molecule has 1 aromatic carbocycles. The van der Waals surface area contributed by atoms with E-state index < -0.39 is 0 Å². The van der Waals surface area contributed by atoms with E-state index in [1.54, 1.807) is 0 Å². The van der Waals surface area contributed by atoms with Gasteiger partial charge in [-0.2, -0.15) is 4.98 Å².